The van der Waals surface area contributed by atoms with Gasteiger partial charge in [-0.2, -0.15) is 0 Å². The molecule has 0 atom stereocenters. The Morgan fingerprint density at radius 1 is 1.09 bits per heavy atom. The van der Waals surface area contributed by atoms with E-state index in [1.807, 2.05) is 0 Å². The zero-order valence-electron chi connectivity index (χ0n) is 12.0. The van der Waals surface area contributed by atoms with Crippen molar-refractivity contribution in [2.75, 3.05) is 19.5 Å². The molecular weight excluding hydrogens is 288 g/mol. The second-order valence-electron chi connectivity index (χ2n) is 4.32. The van der Waals surface area contributed by atoms with Gasteiger partial charge < -0.3 is 14.8 Å². The minimum atomic E-state index is -0.539. The van der Waals surface area contributed by atoms with Gasteiger partial charge in [-0.15, -0.1) is 0 Å². The standard InChI is InChI=1S/C15H14N2O5/c1-21-12-6-3-10(4-7-12)15(18)16-13-9-11(17(19)20)5-8-14(13)22-2/h3-9H,1-2H3,(H,16,18). The van der Waals surface area contributed by atoms with E-state index in [0.717, 1.165) is 0 Å². The third kappa shape index (κ3) is 3.32. The second-order valence-corrected chi connectivity index (χ2v) is 4.32. The average molecular weight is 302 g/mol. The van der Waals surface area contributed by atoms with Crippen molar-refractivity contribution in [3.8, 4) is 11.5 Å². The summed E-state index contributed by atoms with van der Waals surface area (Å²) in [5, 5.41) is 13.4. The topological polar surface area (TPSA) is 90.7 Å². The van der Waals surface area contributed by atoms with E-state index in [1.165, 1.54) is 32.4 Å². The predicted molar refractivity (Wildman–Crippen MR) is 80.6 cm³/mol. The number of nitrogens with one attached hydrogen (secondary N) is 1. The number of amides is 1. The van der Waals surface area contributed by atoms with Gasteiger partial charge in [0.1, 0.15) is 11.5 Å². The number of ether oxygens (including phenoxy) is 2. The molecule has 1 N–H and O–H groups in total. The molecule has 7 nitrogen and oxygen atoms in total. The molecular formula is C15H14N2O5. The molecule has 2 aromatic carbocycles. The molecule has 0 radical (unpaired) electrons. The van der Waals surface area contributed by atoms with Crippen LogP contribution >= 0.6 is 0 Å². The summed E-state index contributed by atoms with van der Waals surface area (Å²) in [6.07, 6.45) is 0. The van der Waals surface area contributed by atoms with E-state index in [9.17, 15) is 14.9 Å². The van der Waals surface area contributed by atoms with E-state index in [4.69, 9.17) is 9.47 Å². The first-order chi connectivity index (χ1) is 10.5. The molecule has 0 fully saturated rings. The summed E-state index contributed by atoms with van der Waals surface area (Å²) < 4.78 is 10.1. The van der Waals surface area contributed by atoms with Crippen LogP contribution in [0.1, 0.15) is 10.4 Å². The fourth-order valence-corrected chi connectivity index (χ4v) is 1.84. The molecule has 0 aromatic heterocycles. The van der Waals surface area contributed by atoms with Gasteiger partial charge in [0.05, 0.1) is 24.8 Å². The smallest absolute Gasteiger partial charge is 0.271 e. The lowest BCUT2D eigenvalue weighted by molar-refractivity contribution is -0.384. The monoisotopic (exact) mass is 302 g/mol. The van der Waals surface area contributed by atoms with E-state index in [1.54, 1.807) is 24.3 Å². The number of methoxy groups -OCH3 is 2. The number of carbonyl (C=O) groups is 1. The summed E-state index contributed by atoms with van der Waals surface area (Å²) in [4.78, 5) is 22.5. The van der Waals surface area contributed by atoms with Gasteiger partial charge in [0.2, 0.25) is 0 Å². The van der Waals surface area contributed by atoms with Crippen molar-refractivity contribution >= 4 is 17.3 Å². The highest BCUT2D eigenvalue weighted by molar-refractivity contribution is 6.05. The van der Waals surface area contributed by atoms with Gasteiger partial charge in [-0.1, -0.05) is 0 Å². The first kappa shape index (κ1) is 15.3. The molecule has 0 bridgehead atoms. The zero-order chi connectivity index (χ0) is 16.1. The van der Waals surface area contributed by atoms with Crippen LogP contribution in [0.5, 0.6) is 11.5 Å². The van der Waals surface area contributed by atoms with Gasteiger partial charge in [0, 0.05) is 17.7 Å². The Balaban J connectivity index is 2.26. The number of nitro benzene ring substituents is 1. The molecule has 0 unspecified atom stereocenters. The van der Waals surface area contributed by atoms with Gasteiger partial charge in [-0.3, -0.25) is 14.9 Å². The van der Waals surface area contributed by atoms with Gasteiger partial charge in [0.15, 0.2) is 0 Å². The summed E-state index contributed by atoms with van der Waals surface area (Å²) in [6.45, 7) is 0. The highest BCUT2D eigenvalue weighted by atomic mass is 16.6. The molecule has 0 aliphatic carbocycles. The highest BCUT2D eigenvalue weighted by Gasteiger charge is 2.14. The van der Waals surface area contributed by atoms with E-state index in [-0.39, 0.29) is 11.4 Å². The molecule has 0 spiro atoms. The molecule has 22 heavy (non-hydrogen) atoms. The predicted octanol–water partition coefficient (Wildman–Crippen LogP) is 2.86. The third-order valence-electron chi connectivity index (χ3n) is 2.99. The van der Waals surface area contributed by atoms with Crippen molar-refractivity contribution in [2.24, 2.45) is 0 Å². The summed E-state index contributed by atoms with van der Waals surface area (Å²) in [5.41, 5.74) is 0.498. The number of non-ortho nitro benzene ring substituents is 1. The SMILES string of the molecule is COc1ccc(C(=O)Nc2cc([N+](=O)[O-])ccc2OC)cc1. The van der Waals surface area contributed by atoms with Gasteiger partial charge in [0.25, 0.3) is 11.6 Å². The Hall–Kier alpha value is -3.09. The Labute approximate surface area is 126 Å². The van der Waals surface area contributed by atoms with Crippen LogP contribution in [0.25, 0.3) is 0 Å². The Bertz CT molecular complexity index is 698. The maximum absolute atomic E-state index is 12.2. The number of carbonyl (C=O) groups excluding carboxylic acids is 1. The maximum atomic E-state index is 12.2. The maximum Gasteiger partial charge on any atom is 0.271 e. The fraction of sp³-hybridized carbons (Fsp3) is 0.133. The average Bonchev–Trinajstić information content (AvgIpc) is 2.54. The van der Waals surface area contributed by atoms with Crippen molar-refractivity contribution in [1.29, 1.82) is 0 Å². The van der Waals surface area contributed by atoms with Crippen LogP contribution in [-0.2, 0) is 0 Å². The molecule has 0 heterocycles. The summed E-state index contributed by atoms with van der Waals surface area (Å²) in [6, 6.07) is 10.5. The Morgan fingerprint density at radius 3 is 2.32 bits per heavy atom. The molecule has 1 amide bonds. The lowest BCUT2D eigenvalue weighted by atomic mass is 10.2. The van der Waals surface area contributed by atoms with Crippen LogP contribution in [0.15, 0.2) is 42.5 Å². The zero-order valence-corrected chi connectivity index (χ0v) is 12.0. The van der Waals surface area contributed by atoms with E-state index in [2.05, 4.69) is 5.32 Å². The van der Waals surface area contributed by atoms with Crippen molar-refractivity contribution < 1.29 is 19.2 Å². The highest BCUT2D eigenvalue weighted by Crippen LogP contribution is 2.29. The minimum Gasteiger partial charge on any atom is -0.497 e. The minimum absolute atomic E-state index is 0.133. The van der Waals surface area contributed by atoms with Crippen molar-refractivity contribution in [1.82, 2.24) is 0 Å². The van der Waals surface area contributed by atoms with E-state index in [0.29, 0.717) is 17.1 Å². The first-order valence-electron chi connectivity index (χ1n) is 6.33. The van der Waals surface area contributed by atoms with Crippen LogP contribution < -0.4 is 14.8 Å². The molecule has 7 heteroatoms. The molecule has 2 aromatic rings. The van der Waals surface area contributed by atoms with E-state index < -0.39 is 10.8 Å². The summed E-state index contributed by atoms with van der Waals surface area (Å²) in [7, 11) is 2.95. The quantitative estimate of drug-likeness (QED) is 0.677. The van der Waals surface area contributed by atoms with Crippen LogP contribution in [0, 0.1) is 10.1 Å². The number of nitro groups is 1. The van der Waals surface area contributed by atoms with E-state index >= 15 is 0 Å². The Morgan fingerprint density at radius 2 is 1.77 bits per heavy atom. The molecule has 2 rings (SSSR count). The third-order valence-corrected chi connectivity index (χ3v) is 2.99. The van der Waals surface area contributed by atoms with Gasteiger partial charge in [-0.05, 0) is 30.3 Å². The van der Waals surface area contributed by atoms with Crippen molar-refractivity contribution in [3.63, 3.8) is 0 Å². The molecule has 0 saturated heterocycles. The van der Waals surface area contributed by atoms with Crippen LogP contribution in [0.3, 0.4) is 0 Å². The van der Waals surface area contributed by atoms with Crippen LogP contribution in [0.4, 0.5) is 11.4 Å². The number of hydrogen-bond donors (Lipinski definition) is 1. The molecule has 0 aliphatic heterocycles. The van der Waals surface area contributed by atoms with Gasteiger partial charge in [-0.25, -0.2) is 0 Å². The molecule has 0 saturated carbocycles. The number of hydrogen-bond acceptors (Lipinski definition) is 5. The lowest BCUT2D eigenvalue weighted by Gasteiger charge is -2.10. The number of rotatable bonds is 5. The summed E-state index contributed by atoms with van der Waals surface area (Å²) in [5.74, 6) is 0.568. The summed E-state index contributed by atoms with van der Waals surface area (Å²) >= 11 is 0. The number of benzene rings is 2. The molecule has 114 valence electrons. The number of anilines is 1. The second kappa shape index (κ2) is 6.57. The van der Waals surface area contributed by atoms with Gasteiger partial charge >= 0.3 is 0 Å². The van der Waals surface area contributed by atoms with Crippen LogP contribution in [-0.4, -0.2) is 25.1 Å². The fourth-order valence-electron chi connectivity index (χ4n) is 1.84. The van der Waals surface area contributed by atoms with Crippen molar-refractivity contribution in [2.45, 2.75) is 0 Å². The lowest BCUT2D eigenvalue weighted by Crippen LogP contribution is -2.12. The van der Waals surface area contributed by atoms with Crippen molar-refractivity contribution in [3.05, 3.63) is 58.1 Å². The molecule has 0 aliphatic rings. The normalized spacial score (nSPS) is 9.91. The largest absolute Gasteiger partial charge is 0.497 e. The first-order valence-corrected chi connectivity index (χ1v) is 6.33. The number of nitrogens with zero attached hydrogens (tertiary/aromatic N) is 1. The van der Waals surface area contributed by atoms with Crippen LogP contribution in [0.2, 0.25) is 0 Å². The Kier molecular flexibility index (Phi) is 4.57.